The topological polar surface area (TPSA) is 21.3 Å². The molecule has 2 nitrogen and oxygen atoms in total. The minimum atomic E-state index is 0.789. The fraction of sp³-hybridized carbons (Fsp3) is 1.00. The van der Waals surface area contributed by atoms with Crippen molar-refractivity contribution in [2.24, 2.45) is 0 Å². The quantitative estimate of drug-likeness (QED) is 0.649. The Morgan fingerprint density at radius 2 is 2.20 bits per heavy atom. The van der Waals surface area contributed by atoms with Gasteiger partial charge in [0.05, 0.1) is 0 Å². The largest absolute Gasteiger partial charge is 0.385 e. The number of nitrogens with one attached hydrogen (secondary N) is 1. The van der Waals surface area contributed by atoms with Gasteiger partial charge in [0.2, 0.25) is 0 Å². The summed E-state index contributed by atoms with van der Waals surface area (Å²) in [5, 5.41) is 4.58. The second-order valence-corrected chi connectivity index (χ2v) is 5.82. The molecule has 0 aromatic carbocycles. The SMILES string of the molecule is CCSC1CCC(NCCCCOC)C1. The lowest BCUT2D eigenvalue weighted by Gasteiger charge is -2.12. The molecule has 0 radical (unpaired) electrons. The predicted molar refractivity (Wildman–Crippen MR) is 68.7 cm³/mol. The molecule has 3 heteroatoms. The molecule has 0 heterocycles. The molecular formula is C12H25NOS. The number of methoxy groups -OCH3 is 1. The van der Waals surface area contributed by atoms with Crippen molar-refractivity contribution in [2.75, 3.05) is 26.0 Å². The van der Waals surface area contributed by atoms with Crippen molar-refractivity contribution in [2.45, 2.75) is 50.3 Å². The fourth-order valence-corrected chi connectivity index (χ4v) is 3.33. The van der Waals surface area contributed by atoms with E-state index >= 15 is 0 Å². The van der Waals surface area contributed by atoms with Gasteiger partial charge in [-0.05, 0) is 44.4 Å². The maximum absolute atomic E-state index is 5.03. The summed E-state index contributed by atoms with van der Waals surface area (Å²) in [5.41, 5.74) is 0. The number of unbranched alkanes of at least 4 members (excludes halogenated alkanes) is 1. The highest BCUT2D eigenvalue weighted by molar-refractivity contribution is 7.99. The third-order valence-electron chi connectivity index (χ3n) is 3.00. The molecule has 0 saturated heterocycles. The van der Waals surface area contributed by atoms with E-state index in [-0.39, 0.29) is 0 Å². The molecule has 1 saturated carbocycles. The molecule has 0 aromatic heterocycles. The van der Waals surface area contributed by atoms with Crippen LogP contribution in [0.25, 0.3) is 0 Å². The number of thioether (sulfide) groups is 1. The zero-order valence-corrected chi connectivity index (χ0v) is 10.9. The predicted octanol–water partition coefficient (Wildman–Crippen LogP) is 2.68. The van der Waals surface area contributed by atoms with E-state index in [1.165, 1.54) is 37.9 Å². The number of ether oxygens (including phenoxy) is 1. The van der Waals surface area contributed by atoms with E-state index in [2.05, 4.69) is 24.0 Å². The van der Waals surface area contributed by atoms with Gasteiger partial charge in [-0.1, -0.05) is 6.92 Å². The molecule has 1 fully saturated rings. The van der Waals surface area contributed by atoms with Gasteiger partial charge in [-0.15, -0.1) is 0 Å². The van der Waals surface area contributed by atoms with E-state index in [0.29, 0.717) is 0 Å². The third kappa shape index (κ3) is 5.79. The maximum atomic E-state index is 5.03. The minimum absolute atomic E-state index is 0.789. The molecule has 0 bridgehead atoms. The van der Waals surface area contributed by atoms with Crippen LogP contribution < -0.4 is 5.32 Å². The highest BCUT2D eigenvalue weighted by Gasteiger charge is 2.23. The summed E-state index contributed by atoms with van der Waals surface area (Å²) in [6, 6.07) is 0.789. The first-order valence-electron chi connectivity index (χ1n) is 6.20. The van der Waals surface area contributed by atoms with E-state index in [0.717, 1.165) is 24.4 Å². The van der Waals surface area contributed by atoms with Crippen molar-refractivity contribution in [3.8, 4) is 0 Å². The van der Waals surface area contributed by atoms with Crippen LogP contribution in [0.15, 0.2) is 0 Å². The van der Waals surface area contributed by atoms with Crippen LogP contribution >= 0.6 is 11.8 Å². The fourth-order valence-electron chi connectivity index (χ4n) is 2.19. The Labute approximate surface area is 98.5 Å². The summed E-state index contributed by atoms with van der Waals surface area (Å²) in [5.74, 6) is 1.27. The zero-order chi connectivity index (χ0) is 10.9. The van der Waals surface area contributed by atoms with Crippen LogP contribution in [-0.2, 0) is 4.74 Å². The molecule has 0 amide bonds. The van der Waals surface area contributed by atoms with Crippen LogP contribution in [0.4, 0.5) is 0 Å². The van der Waals surface area contributed by atoms with Crippen LogP contribution in [0.1, 0.15) is 39.0 Å². The summed E-state index contributed by atoms with van der Waals surface area (Å²) in [4.78, 5) is 0. The lowest BCUT2D eigenvalue weighted by molar-refractivity contribution is 0.192. The Bertz CT molecular complexity index is 155. The van der Waals surface area contributed by atoms with Crippen LogP contribution in [-0.4, -0.2) is 37.3 Å². The summed E-state index contributed by atoms with van der Waals surface area (Å²) in [7, 11) is 1.77. The van der Waals surface area contributed by atoms with Gasteiger partial charge in [0.15, 0.2) is 0 Å². The number of hydrogen-bond donors (Lipinski definition) is 1. The smallest absolute Gasteiger partial charge is 0.0462 e. The normalized spacial score (nSPS) is 26.0. The molecule has 0 aromatic rings. The van der Waals surface area contributed by atoms with Crippen LogP contribution in [0.2, 0.25) is 0 Å². The summed E-state index contributed by atoms with van der Waals surface area (Å²) < 4.78 is 5.03. The summed E-state index contributed by atoms with van der Waals surface area (Å²) in [6.45, 7) is 4.33. The number of rotatable bonds is 8. The monoisotopic (exact) mass is 231 g/mol. The molecule has 1 rings (SSSR count). The van der Waals surface area contributed by atoms with Gasteiger partial charge in [0.1, 0.15) is 0 Å². The Morgan fingerprint density at radius 3 is 2.93 bits per heavy atom. The molecule has 1 N–H and O–H groups in total. The van der Waals surface area contributed by atoms with Crippen molar-refractivity contribution in [1.29, 1.82) is 0 Å². The first-order valence-corrected chi connectivity index (χ1v) is 7.25. The first-order chi connectivity index (χ1) is 7.36. The highest BCUT2D eigenvalue weighted by atomic mass is 32.2. The van der Waals surface area contributed by atoms with Crippen molar-refractivity contribution >= 4 is 11.8 Å². The van der Waals surface area contributed by atoms with E-state index in [4.69, 9.17) is 4.74 Å². The second kappa shape index (κ2) is 8.43. The van der Waals surface area contributed by atoms with Crippen molar-refractivity contribution in [3.63, 3.8) is 0 Å². The Kier molecular flexibility index (Phi) is 7.49. The van der Waals surface area contributed by atoms with E-state index < -0.39 is 0 Å². The molecule has 1 aliphatic rings. The van der Waals surface area contributed by atoms with Gasteiger partial charge in [0, 0.05) is 25.0 Å². The standard InChI is InChI=1S/C12H25NOS/c1-3-15-12-7-6-11(10-12)13-8-4-5-9-14-2/h11-13H,3-10H2,1-2H3. The molecule has 90 valence electrons. The summed E-state index contributed by atoms with van der Waals surface area (Å²) >= 11 is 2.13. The van der Waals surface area contributed by atoms with Gasteiger partial charge in [-0.2, -0.15) is 11.8 Å². The maximum Gasteiger partial charge on any atom is 0.0462 e. The molecule has 2 atom stereocenters. The Morgan fingerprint density at radius 1 is 1.33 bits per heavy atom. The summed E-state index contributed by atoms with van der Waals surface area (Å²) in [6.07, 6.45) is 6.60. The van der Waals surface area contributed by atoms with Gasteiger partial charge in [0.25, 0.3) is 0 Å². The Hall–Kier alpha value is 0.270. The average Bonchev–Trinajstić information content (AvgIpc) is 2.66. The second-order valence-electron chi connectivity index (χ2n) is 4.24. The van der Waals surface area contributed by atoms with Crippen LogP contribution in [0, 0.1) is 0 Å². The third-order valence-corrected chi connectivity index (χ3v) is 4.23. The first kappa shape index (κ1) is 13.3. The van der Waals surface area contributed by atoms with E-state index in [1.54, 1.807) is 7.11 Å². The minimum Gasteiger partial charge on any atom is -0.385 e. The lowest BCUT2D eigenvalue weighted by atomic mass is 10.2. The molecular weight excluding hydrogens is 206 g/mol. The average molecular weight is 231 g/mol. The van der Waals surface area contributed by atoms with Crippen LogP contribution in [0.5, 0.6) is 0 Å². The zero-order valence-electron chi connectivity index (χ0n) is 10.1. The van der Waals surface area contributed by atoms with E-state index in [9.17, 15) is 0 Å². The highest BCUT2D eigenvalue weighted by Crippen LogP contribution is 2.29. The van der Waals surface area contributed by atoms with Gasteiger partial charge < -0.3 is 10.1 Å². The van der Waals surface area contributed by atoms with Gasteiger partial charge in [-0.25, -0.2) is 0 Å². The van der Waals surface area contributed by atoms with Crippen molar-refractivity contribution in [3.05, 3.63) is 0 Å². The molecule has 0 spiro atoms. The lowest BCUT2D eigenvalue weighted by Crippen LogP contribution is -2.27. The van der Waals surface area contributed by atoms with Crippen molar-refractivity contribution in [1.82, 2.24) is 5.32 Å². The van der Waals surface area contributed by atoms with E-state index in [1.807, 2.05) is 0 Å². The van der Waals surface area contributed by atoms with Crippen molar-refractivity contribution < 1.29 is 4.74 Å². The Balaban J connectivity index is 1.94. The van der Waals surface area contributed by atoms with Gasteiger partial charge >= 0.3 is 0 Å². The van der Waals surface area contributed by atoms with Gasteiger partial charge in [-0.3, -0.25) is 0 Å². The van der Waals surface area contributed by atoms with Crippen LogP contribution in [0.3, 0.4) is 0 Å². The molecule has 2 unspecified atom stereocenters. The number of hydrogen-bond acceptors (Lipinski definition) is 3. The molecule has 15 heavy (non-hydrogen) atoms. The molecule has 1 aliphatic carbocycles. The molecule has 0 aliphatic heterocycles.